The number of benzene rings is 1. The minimum atomic E-state index is 0.0903. The molecule has 0 atom stereocenters. The van der Waals surface area contributed by atoms with Gasteiger partial charge in [-0.25, -0.2) is 0 Å². The van der Waals surface area contributed by atoms with E-state index in [-0.39, 0.29) is 10.8 Å². The van der Waals surface area contributed by atoms with Crippen molar-refractivity contribution in [2.24, 2.45) is 10.8 Å². The quantitative estimate of drug-likeness (QED) is 0.760. The average Bonchev–Trinajstić information content (AvgIpc) is 2.96. The van der Waals surface area contributed by atoms with Gasteiger partial charge >= 0.3 is 0 Å². The van der Waals surface area contributed by atoms with Crippen LogP contribution in [0.1, 0.15) is 39.5 Å². The zero-order valence-corrected chi connectivity index (χ0v) is 17.1. The summed E-state index contributed by atoms with van der Waals surface area (Å²) in [5, 5.41) is 1.24. The number of fused-ring (bicyclic) bond motifs is 1. The van der Waals surface area contributed by atoms with Gasteiger partial charge in [-0.1, -0.05) is 34.6 Å². The van der Waals surface area contributed by atoms with E-state index in [1.54, 1.807) is 0 Å². The van der Waals surface area contributed by atoms with Crippen molar-refractivity contribution >= 4 is 37.7 Å². The fourth-order valence-electron chi connectivity index (χ4n) is 3.51. The van der Waals surface area contributed by atoms with Gasteiger partial charge in [0, 0.05) is 10.1 Å². The Bertz CT molecular complexity index is 750. The third-order valence-electron chi connectivity index (χ3n) is 4.18. The molecule has 0 amide bonds. The number of hydrogen-bond donors (Lipinski definition) is 0. The molecule has 0 bridgehead atoms. The summed E-state index contributed by atoms with van der Waals surface area (Å²) in [6.07, 6.45) is 0. The first kappa shape index (κ1) is 15.6. The van der Waals surface area contributed by atoms with E-state index in [2.05, 4.69) is 52.8 Å². The normalized spacial score (nSPS) is 18.0. The molecule has 3 rings (SSSR count). The number of hydrogen-bond acceptors (Lipinski definition) is 3. The molecule has 0 aliphatic carbocycles. The van der Waals surface area contributed by atoms with Crippen molar-refractivity contribution < 1.29 is 9.16 Å². The van der Waals surface area contributed by atoms with Gasteiger partial charge in [-0.05, 0) is 40.6 Å². The lowest BCUT2D eigenvalue weighted by Gasteiger charge is -2.30. The molecule has 0 spiro atoms. The molecule has 0 unspecified atom stereocenters. The van der Waals surface area contributed by atoms with Crippen LogP contribution in [-0.4, -0.2) is 17.1 Å². The summed E-state index contributed by atoms with van der Waals surface area (Å²) in [4.78, 5) is 1.23. The summed E-state index contributed by atoms with van der Waals surface area (Å²) in [5.74, 6) is 2.05. The molecule has 1 aliphatic heterocycles. The Morgan fingerprint density at radius 2 is 1.95 bits per heavy atom. The number of ether oxygens (including phenoxy) is 1. The first-order chi connectivity index (χ1) is 10.2. The molecule has 0 N–H and O–H groups in total. The predicted molar refractivity (Wildman–Crippen MR) is 98.5 cm³/mol. The lowest BCUT2D eigenvalue weighted by molar-refractivity contribution is 0.214. The highest BCUT2D eigenvalue weighted by atomic mass is 32.1. The smallest absolute Gasteiger partial charge is 0.204 e. The van der Waals surface area contributed by atoms with Crippen molar-refractivity contribution in [3.63, 3.8) is 0 Å². The van der Waals surface area contributed by atoms with E-state index in [4.69, 9.17) is 9.16 Å². The Labute approximate surface area is 139 Å². The Kier molecular flexibility index (Phi) is 3.65. The molecule has 1 aliphatic rings. The Balaban J connectivity index is 2.17. The number of thiophene rings is 1. The molecule has 0 saturated heterocycles. The molecule has 2 nitrogen and oxygen atoms in total. The van der Waals surface area contributed by atoms with Gasteiger partial charge in [0.05, 0.1) is 11.5 Å². The van der Waals surface area contributed by atoms with Gasteiger partial charge in [0.25, 0.3) is 0 Å². The molecule has 1 aromatic heterocycles. The minimum Gasteiger partial charge on any atom is -0.553 e. The van der Waals surface area contributed by atoms with Crippen LogP contribution in [0, 0.1) is 10.8 Å². The van der Waals surface area contributed by atoms with Gasteiger partial charge in [-0.15, -0.1) is 11.3 Å². The second-order valence-electron chi connectivity index (χ2n) is 7.64. The summed E-state index contributed by atoms with van der Waals surface area (Å²) in [7, 11) is 0.720. The largest absolute Gasteiger partial charge is 0.553 e. The maximum atomic E-state index is 6.15. The molecule has 2 aromatic rings. The van der Waals surface area contributed by atoms with Crippen molar-refractivity contribution in [1.82, 2.24) is 0 Å². The fraction of sp³-hybridized carbons (Fsp3) is 0.444. The van der Waals surface area contributed by atoms with E-state index < -0.39 is 0 Å². The van der Waals surface area contributed by atoms with E-state index in [0.717, 1.165) is 28.6 Å². The minimum absolute atomic E-state index is 0.0903. The highest BCUT2D eigenvalue weighted by Gasteiger charge is 2.41. The molecule has 118 valence electrons. The van der Waals surface area contributed by atoms with Crippen LogP contribution in [0.3, 0.4) is 0 Å². The molecular formula is C18H24O2SSi. The van der Waals surface area contributed by atoms with Crippen molar-refractivity contribution in [3.05, 3.63) is 34.7 Å². The third-order valence-corrected chi connectivity index (χ3v) is 5.76. The van der Waals surface area contributed by atoms with E-state index in [0.29, 0.717) is 0 Å². The van der Waals surface area contributed by atoms with Crippen molar-refractivity contribution in [2.45, 2.75) is 34.6 Å². The lowest BCUT2D eigenvalue weighted by Crippen LogP contribution is -2.24. The maximum absolute atomic E-state index is 6.15. The van der Waals surface area contributed by atoms with Gasteiger partial charge in [-0.3, -0.25) is 0 Å². The van der Waals surface area contributed by atoms with E-state index >= 15 is 0 Å². The van der Waals surface area contributed by atoms with Crippen LogP contribution in [0.4, 0.5) is 0 Å². The Hall–Kier alpha value is -1.26. The van der Waals surface area contributed by atoms with E-state index in [9.17, 15) is 0 Å². The van der Waals surface area contributed by atoms with Gasteiger partial charge in [0.15, 0.2) is 0 Å². The third kappa shape index (κ3) is 2.59. The van der Waals surface area contributed by atoms with Crippen LogP contribution in [0.2, 0.25) is 0 Å². The monoisotopic (exact) mass is 332 g/mol. The molecule has 0 saturated carbocycles. The second-order valence-corrected chi connectivity index (χ2v) is 9.13. The maximum Gasteiger partial charge on any atom is 0.204 e. The zero-order chi connectivity index (χ0) is 16.1. The molecule has 2 heterocycles. The molecule has 22 heavy (non-hydrogen) atoms. The van der Waals surface area contributed by atoms with Gasteiger partial charge in [-0.2, -0.15) is 0 Å². The highest BCUT2D eigenvalue weighted by molar-refractivity contribution is 7.20. The SMILES string of the molecule is CC(C)(C)C1=C(c2cc3cc(O[SiH3])ccc3s2)OCC1(C)C. The van der Waals surface area contributed by atoms with Gasteiger partial charge in [0.2, 0.25) is 10.5 Å². The summed E-state index contributed by atoms with van der Waals surface area (Å²) >= 11 is 1.81. The van der Waals surface area contributed by atoms with Crippen LogP contribution in [0.25, 0.3) is 15.8 Å². The van der Waals surface area contributed by atoms with E-state index in [1.165, 1.54) is 20.5 Å². The lowest BCUT2D eigenvalue weighted by atomic mass is 9.72. The predicted octanol–water partition coefficient (Wildman–Crippen LogP) is 4.37. The molecule has 0 fully saturated rings. The average molecular weight is 333 g/mol. The van der Waals surface area contributed by atoms with Crippen LogP contribution in [0.5, 0.6) is 5.75 Å². The van der Waals surface area contributed by atoms with Crippen LogP contribution >= 0.6 is 11.3 Å². The molecule has 0 radical (unpaired) electrons. The summed E-state index contributed by atoms with van der Waals surface area (Å²) in [6.45, 7) is 12.2. The Morgan fingerprint density at radius 1 is 1.23 bits per heavy atom. The first-order valence-electron chi connectivity index (χ1n) is 7.68. The van der Waals surface area contributed by atoms with Gasteiger partial charge in [0.1, 0.15) is 11.5 Å². The van der Waals surface area contributed by atoms with Crippen LogP contribution in [0.15, 0.2) is 29.8 Å². The fourth-order valence-corrected chi connectivity index (χ4v) is 4.82. The summed E-state index contributed by atoms with van der Waals surface area (Å²) < 4.78 is 12.9. The van der Waals surface area contributed by atoms with Crippen molar-refractivity contribution in [2.75, 3.05) is 6.61 Å². The first-order valence-corrected chi connectivity index (χ1v) is 9.32. The van der Waals surface area contributed by atoms with Crippen LogP contribution < -0.4 is 4.43 Å². The Morgan fingerprint density at radius 3 is 2.59 bits per heavy atom. The van der Waals surface area contributed by atoms with Gasteiger partial charge < -0.3 is 9.16 Å². The van der Waals surface area contributed by atoms with Crippen molar-refractivity contribution in [3.8, 4) is 5.75 Å². The molecular weight excluding hydrogens is 308 g/mol. The van der Waals surface area contributed by atoms with E-state index in [1.807, 2.05) is 17.4 Å². The van der Waals surface area contributed by atoms with Crippen LogP contribution in [-0.2, 0) is 4.74 Å². The highest BCUT2D eigenvalue weighted by Crippen LogP contribution is 2.51. The summed E-state index contributed by atoms with van der Waals surface area (Å²) in [5.41, 5.74) is 1.62. The second kappa shape index (κ2) is 5.13. The topological polar surface area (TPSA) is 18.5 Å². The zero-order valence-electron chi connectivity index (χ0n) is 14.2. The number of rotatable bonds is 2. The summed E-state index contributed by atoms with van der Waals surface area (Å²) in [6, 6.07) is 8.56. The molecule has 4 heteroatoms. The molecule has 1 aromatic carbocycles. The standard InChI is InChI=1S/C18H24O2SSi/c1-17(2,3)16-15(19-10-18(16,4)5)14-9-11-8-12(20-22)6-7-13(11)21-14/h6-9H,10H2,1-5,22H3. The van der Waals surface area contributed by atoms with Crippen molar-refractivity contribution in [1.29, 1.82) is 0 Å².